The lowest BCUT2D eigenvalue weighted by atomic mass is 10.0. The van der Waals surface area contributed by atoms with Crippen molar-refractivity contribution in [2.24, 2.45) is 0 Å². The standard InChI is InChI=1S/C17H17NO2.C3H6/c1-3-15(16-12-20-17(19)18-16)11-13(2)9-10-14-7-5-4-6-8-14;1-3-2/h3-5,7,11,16H,1-2,6,8,12H2,(H,18,19);3H,1H2,2H3/b15-11+;/t16-;/m0./s1. The number of hydrogen-bond donors (Lipinski definition) is 1. The van der Waals surface area contributed by atoms with Crippen molar-refractivity contribution in [2.45, 2.75) is 25.8 Å². The Labute approximate surface area is 138 Å². The van der Waals surface area contributed by atoms with Gasteiger partial charge in [-0.15, -0.1) is 6.58 Å². The molecule has 120 valence electrons. The molecule has 1 amide bonds. The highest BCUT2D eigenvalue weighted by atomic mass is 16.6. The van der Waals surface area contributed by atoms with Crippen LogP contribution in [-0.2, 0) is 4.74 Å². The van der Waals surface area contributed by atoms with E-state index in [1.165, 1.54) is 0 Å². The molecule has 1 heterocycles. The maximum Gasteiger partial charge on any atom is 0.407 e. The number of carbonyl (C=O) groups is 1. The van der Waals surface area contributed by atoms with E-state index in [9.17, 15) is 4.79 Å². The zero-order valence-corrected chi connectivity index (χ0v) is 13.6. The molecule has 2 rings (SSSR count). The summed E-state index contributed by atoms with van der Waals surface area (Å²) in [4.78, 5) is 11.0. The molecule has 0 bridgehead atoms. The molecule has 0 aromatic carbocycles. The summed E-state index contributed by atoms with van der Waals surface area (Å²) < 4.78 is 4.86. The van der Waals surface area contributed by atoms with Gasteiger partial charge in [-0.3, -0.25) is 0 Å². The fraction of sp³-hybridized carbons (Fsp3) is 0.250. The Morgan fingerprint density at radius 3 is 2.74 bits per heavy atom. The lowest BCUT2D eigenvalue weighted by Gasteiger charge is -2.07. The van der Waals surface area contributed by atoms with Gasteiger partial charge < -0.3 is 10.1 Å². The normalized spacial score (nSPS) is 19.0. The molecule has 0 aromatic heterocycles. The van der Waals surface area contributed by atoms with E-state index < -0.39 is 6.09 Å². The van der Waals surface area contributed by atoms with Crippen LogP contribution in [0.5, 0.6) is 0 Å². The summed E-state index contributed by atoms with van der Waals surface area (Å²) in [6, 6.07) is -0.171. The van der Waals surface area contributed by atoms with Crippen molar-refractivity contribution in [1.29, 1.82) is 0 Å². The number of rotatable bonds is 3. The van der Waals surface area contributed by atoms with Crippen LogP contribution in [0.25, 0.3) is 0 Å². The molecule has 1 aliphatic carbocycles. The molecule has 1 N–H and O–H groups in total. The van der Waals surface area contributed by atoms with Crippen LogP contribution in [0.15, 0.2) is 72.9 Å². The Bertz CT molecular complexity index is 624. The van der Waals surface area contributed by atoms with Crippen LogP contribution < -0.4 is 5.32 Å². The first-order valence-corrected chi connectivity index (χ1v) is 7.51. The molecule has 1 fully saturated rings. The van der Waals surface area contributed by atoms with Gasteiger partial charge >= 0.3 is 6.09 Å². The van der Waals surface area contributed by atoms with E-state index in [-0.39, 0.29) is 6.04 Å². The smallest absolute Gasteiger partial charge is 0.407 e. The van der Waals surface area contributed by atoms with Crippen molar-refractivity contribution in [3.05, 3.63) is 72.9 Å². The van der Waals surface area contributed by atoms with Gasteiger partial charge in [-0.25, -0.2) is 4.79 Å². The third-order valence-electron chi connectivity index (χ3n) is 3.05. The summed E-state index contributed by atoms with van der Waals surface area (Å²) in [5.41, 5.74) is 2.66. The van der Waals surface area contributed by atoms with Crippen molar-refractivity contribution >= 4 is 6.09 Å². The van der Waals surface area contributed by atoms with Gasteiger partial charge in [-0.2, -0.15) is 0 Å². The van der Waals surface area contributed by atoms with Crippen LogP contribution in [0.4, 0.5) is 4.79 Å². The quantitative estimate of drug-likeness (QED) is 0.481. The van der Waals surface area contributed by atoms with Crippen LogP contribution in [0.3, 0.4) is 0 Å². The van der Waals surface area contributed by atoms with Crippen LogP contribution in [0.1, 0.15) is 19.8 Å². The molecule has 0 saturated carbocycles. The monoisotopic (exact) mass is 309 g/mol. The summed E-state index contributed by atoms with van der Waals surface area (Å²) in [5.74, 6) is 6.14. The number of alkyl carbamates (subject to hydrolysis) is 1. The highest BCUT2D eigenvalue weighted by molar-refractivity contribution is 5.71. The highest BCUT2D eigenvalue weighted by Gasteiger charge is 2.23. The van der Waals surface area contributed by atoms with Crippen LogP contribution in [0.2, 0.25) is 0 Å². The molecule has 0 radical (unpaired) electrons. The number of cyclic esters (lactones) is 1. The molecule has 3 heteroatoms. The largest absolute Gasteiger partial charge is 0.447 e. The van der Waals surface area contributed by atoms with E-state index in [0.717, 1.165) is 24.0 Å². The maximum atomic E-state index is 11.0. The van der Waals surface area contributed by atoms with Gasteiger partial charge in [0.2, 0.25) is 0 Å². The van der Waals surface area contributed by atoms with Gasteiger partial charge in [-0.05, 0) is 31.4 Å². The second kappa shape index (κ2) is 10.1. The lowest BCUT2D eigenvalue weighted by Crippen LogP contribution is -2.27. The van der Waals surface area contributed by atoms with E-state index in [1.807, 2.05) is 25.2 Å². The predicted molar refractivity (Wildman–Crippen MR) is 95.8 cm³/mol. The molecule has 1 atom stereocenters. The van der Waals surface area contributed by atoms with Crippen molar-refractivity contribution in [2.75, 3.05) is 6.61 Å². The van der Waals surface area contributed by atoms with Gasteiger partial charge in [0.05, 0.1) is 6.04 Å². The van der Waals surface area contributed by atoms with Gasteiger partial charge in [0.1, 0.15) is 6.61 Å². The number of hydrogen-bond acceptors (Lipinski definition) is 2. The molecule has 23 heavy (non-hydrogen) atoms. The second-order valence-corrected chi connectivity index (χ2v) is 4.99. The molecule has 0 spiro atoms. The van der Waals surface area contributed by atoms with Crippen molar-refractivity contribution < 1.29 is 9.53 Å². The zero-order chi connectivity index (χ0) is 17.1. The molecule has 3 nitrogen and oxygen atoms in total. The Balaban J connectivity index is 0.000000816. The highest BCUT2D eigenvalue weighted by Crippen LogP contribution is 2.13. The minimum atomic E-state index is -0.404. The van der Waals surface area contributed by atoms with E-state index >= 15 is 0 Å². The fourth-order valence-corrected chi connectivity index (χ4v) is 1.97. The average Bonchev–Trinajstić information content (AvgIpc) is 2.99. The number of nitrogens with one attached hydrogen (secondary N) is 1. The number of carbonyl (C=O) groups excluding carboxylic acids is 1. The van der Waals surface area contributed by atoms with E-state index in [4.69, 9.17) is 4.74 Å². The van der Waals surface area contributed by atoms with E-state index in [2.05, 4.69) is 43.0 Å². The van der Waals surface area contributed by atoms with E-state index in [1.54, 1.807) is 12.2 Å². The Kier molecular flexibility index (Phi) is 8.02. The van der Waals surface area contributed by atoms with Crippen LogP contribution >= 0.6 is 0 Å². The summed E-state index contributed by atoms with van der Waals surface area (Å²) in [6.07, 6.45) is 13.0. The predicted octanol–water partition coefficient (Wildman–Crippen LogP) is 4.24. The van der Waals surface area contributed by atoms with Gasteiger partial charge in [-0.1, -0.05) is 55.4 Å². The van der Waals surface area contributed by atoms with Crippen LogP contribution in [0, 0.1) is 11.8 Å². The van der Waals surface area contributed by atoms with Gasteiger partial charge in [0.25, 0.3) is 0 Å². The molecule has 1 aliphatic heterocycles. The van der Waals surface area contributed by atoms with Crippen molar-refractivity contribution in [3.8, 4) is 11.8 Å². The van der Waals surface area contributed by atoms with Crippen LogP contribution in [-0.4, -0.2) is 18.7 Å². The second-order valence-electron chi connectivity index (χ2n) is 4.99. The average molecular weight is 309 g/mol. The molecule has 1 saturated heterocycles. The first-order valence-electron chi connectivity index (χ1n) is 7.51. The summed E-state index contributed by atoms with van der Waals surface area (Å²) in [7, 11) is 0. The summed E-state index contributed by atoms with van der Waals surface area (Å²) in [5, 5.41) is 2.71. The number of ether oxygens (including phenoxy) is 1. The Morgan fingerprint density at radius 1 is 1.48 bits per heavy atom. The molecule has 0 unspecified atom stereocenters. The minimum Gasteiger partial charge on any atom is -0.447 e. The number of amides is 1. The molecular weight excluding hydrogens is 286 g/mol. The maximum absolute atomic E-state index is 11.0. The topological polar surface area (TPSA) is 38.3 Å². The minimum absolute atomic E-state index is 0.171. The molecular formula is C20H23NO2. The third-order valence-corrected chi connectivity index (χ3v) is 3.05. The summed E-state index contributed by atoms with van der Waals surface area (Å²) >= 11 is 0. The third kappa shape index (κ3) is 6.71. The molecule has 0 aromatic rings. The molecule has 2 aliphatic rings. The van der Waals surface area contributed by atoms with Crippen molar-refractivity contribution in [1.82, 2.24) is 5.32 Å². The zero-order valence-electron chi connectivity index (χ0n) is 13.6. The van der Waals surface area contributed by atoms with E-state index in [0.29, 0.717) is 12.2 Å². The van der Waals surface area contributed by atoms with Gasteiger partial charge in [0.15, 0.2) is 0 Å². The lowest BCUT2D eigenvalue weighted by molar-refractivity contribution is 0.177. The first kappa shape index (κ1) is 18.3. The Hall–Kier alpha value is -2.73. The Morgan fingerprint density at radius 2 is 2.22 bits per heavy atom. The van der Waals surface area contributed by atoms with Crippen molar-refractivity contribution in [3.63, 3.8) is 0 Å². The SMILES string of the molecule is C=C/C(=C\C(=C)C#CC1=CC=CCC1)[C@@H]1COC(=O)N1.C=CC. The summed E-state index contributed by atoms with van der Waals surface area (Å²) in [6.45, 7) is 13.2. The van der Waals surface area contributed by atoms with Gasteiger partial charge in [0, 0.05) is 11.1 Å². The first-order chi connectivity index (χ1) is 11.1. The fourth-order valence-electron chi connectivity index (χ4n) is 1.97. The number of allylic oxidation sites excluding steroid dienone is 7.